The van der Waals surface area contributed by atoms with E-state index in [0.717, 1.165) is 18.8 Å². The largest absolute Gasteiger partial charge is 0.394 e. The van der Waals surface area contributed by atoms with Crippen molar-refractivity contribution in [2.24, 2.45) is 5.10 Å². The van der Waals surface area contributed by atoms with Crippen LogP contribution < -0.4 is 10.2 Å². The molecule has 1 N–H and O–H groups in total. The van der Waals surface area contributed by atoms with E-state index in [1.807, 2.05) is 25.1 Å². The van der Waals surface area contributed by atoms with E-state index in [-0.39, 0.29) is 5.91 Å². The van der Waals surface area contributed by atoms with Gasteiger partial charge in [-0.05, 0) is 32.5 Å². The molecule has 10 nitrogen and oxygen atoms in total. The van der Waals surface area contributed by atoms with Crippen molar-refractivity contribution in [3.63, 3.8) is 0 Å². The van der Waals surface area contributed by atoms with Crippen LogP contribution in [0, 0.1) is 0 Å². The average Bonchev–Trinajstić information content (AvgIpc) is 3.18. The third-order valence-electron chi connectivity index (χ3n) is 5.17. The highest BCUT2D eigenvalue weighted by Crippen LogP contribution is 2.25. The topological polar surface area (TPSA) is 101 Å². The monoisotopic (exact) mass is 422 g/mol. The maximum atomic E-state index is 13.2. The highest BCUT2D eigenvalue weighted by molar-refractivity contribution is 6.08. The maximum Gasteiger partial charge on any atom is 0.256 e. The van der Waals surface area contributed by atoms with Crippen molar-refractivity contribution in [3.05, 3.63) is 48.5 Å². The van der Waals surface area contributed by atoms with Crippen LogP contribution in [0.5, 0.6) is 0 Å². The molecular weight excluding hydrogens is 396 g/mol. The first-order valence-electron chi connectivity index (χ1n) is 10.2. The standard InChI is InChI=1S/C21H26N8O2/c1-5-7-16-20(30)25-18-9-6-8-17(24-18)19-26-22-14-29(19)31-21(16,3)13-23-28-11-10-27(4)12-15(28)2/h6-9,13-14H,2,5,10-12H2,1,3-4H3,(H,24,25,30)/b16-7-,23-13-. The summed E-state index contributed by atoms with van der Waals surface area (Å²) in [5.74, 6) is 0.541. The highest BCUT2D eigenvalue weighted by Gasteiger charge is 2.37. The van der Waals surface area contributed by atoms with Gasteiger partial charge < -0.3 is 10.2 Å². The highest BCUT2D eigenvalue weighted by atomic mass is 16.7. The van der Waals surface area contributed by atoms with Crippen molar-refractivity contribution in [2.75, 3.05) is 32.0 Å². The summed E-state index contributed by atoms with van der Waals surface area (Å²) >= 11 is 0. The molecule has 31 heavy (non-hydrogen) atoms. The Kier molecular flexibility index (Phi) is 5.55. The fraction of sp³-hybridized carbons (Fsp3) is 0.381. The third-order valence-corrected chi connectivity index (χ3v) is 5.17. The second-order valence-electron chi connectivity index (χ2n) is 7.74. The molecular formula is C21H26N8O2. The zero-order valence-corrected chi connectivity index (χ0v) is 17.9. The van der Waals surface area contributed by atoms with Gasteiger partial charge in [0, 0.05) is 18.8 Å². The van der Waals surface area contributed by atoms with Gasteiger partial charge in [0.1, 0.15) is 11.5 Å². The second-order valence-corrected chi connectivity index (χ2v) is 7.74. The van der Waals surface area contributed by atoms with Crippen LogP contribution in [-0.4, -0.2) is 74.2 Å². The van der Waals surface area contributed by atoms with Gasteiger partial charge in [-0.1, -0.05) is 25.6 Å². The SMILES string of the molecule is C=C1CN(C)CCN1/N=C\C1(C)On2cnnc2-c2cccc(n2)NC(=O)/C1=C/CC. The van der Waals surface area contributed by atoms with E-state index < -0.39 is 5.60 Å². The average molecular weight is 422 g/mol. The Hall–Kier alpha value is -3.53. The van der Waals surface area contributed by atoms with Crippen molar-refractivity contribution < 1.29 is 9.63 Å². The van der Waals surface area contributed by atoms with Gasteiger partial charge in [0.15, 0.2) is 11.9 Å². The number of hydrogen-bond acceptors (Lipinski definition) is 8. The molecule has 1 saturated heterocycles. The molecule has 2 aliphatic heterocycles. The number of aromatic nitrogens is 4. The maximum absolute atomic E-state index is 13.2. The number of anilines is 1. The normalized spacial score (nSPS) is 23.6. The number of rotatable bonds is 3. The van der Waals surface area contributed by atoms with Crippen LogP contribution in [0.2, 0.25) is 0 Å². The molecule has 1 atom stereocenters. The van der Waals surface area contributed by atoms with Crippen molar-refractivity contribution in [1.82, 2.24) is 29.8 Å². The summed E-state index contributed by atoms with van der Waals surface area (Å²) < 4.78 is 1.43. The molecule has 4 heterocycles. The van der Waals surface area contributed by atoms with Crippen LogP contribution in [0.15, 0.2) is 53.6 Å². The van der Waals surface area contributed by atoms with Crippen molar-refractivity contribution in [1.29, 1.82) is 0 Å². The number of piperazine rings is 1. The van der Waals surface area contributed by atoms with Crippen LogP contribution in [0.4, 0.5) is 5.82 Å². The molecule has 2 aromatic rings. The molecule has 0 aliphatic carbocycles. The van der Waals surface area contributed by atoms with E-state index in [4.69, 9.17) is 4.84 Å². The summed E-state index contributed by atoms with van der Waals surface area (Å²) in [6.07, 6.45) is 5.56. The predicted octanol–water partition coefficient (Wildman–Crippen LogP) is 1.56. The smallest absolute Gasteiger partial charge is 0.256 e. The van der Waals surface area contributed by atoms with E-state index in [2.05, 4.69) is 37.1 Å². The Morgan fingerprint density at radius 2 is 2.23 bits per heavy atom. The lowest BCUT2D eigenvalue weighted by Crippen LogP contribution is -2.47. The molecule has 0 spiro atoms. The lowest BCUT2D eigenvalue weighted by molar-refractivity contribution is -0.114. The van der Waals surface area contributed by atoms with Crippen LogP contribution in [0.3, 0.4) is 0 Å². The molecule has 0 saturated carbocycles. The molecule has 162 valence electrons. The van der Waals surface area contributed by atoms with Gasteiger partial charge in [0.05, 0.1) is 18.3 Å². The van der Waals surface area contributed by atoms with Crippen LogP contribution in [-0.2, 0) is 4.79 Å². The van der Waals surface area contributed by atoms with Crippen molar-refractivity contribution in [3.8, 4) is 11.5 Å². The van der Waals surface area contributed by atoms with Gasteiger partial charge in [-0.15, -0.1) is 14.9 Å². The van der Waals surface area contributed by atoms with Crippen molar-refractivity contribution >= 4 is 17.9 Å². The molecule has 4 rings (SSSR count). The molecule has 0 aromatic carbocycles. The van der Waals surface area contributed by atoms with Gasteiger partial charge in [0.25, 0.3) is 5.91 Å². The summed E-state index contributed by atoms with van der Waals surface area (Å²) in [6.45, 7) is 10.2. The van der Waals surface area contributed by atoms with Gasteiger partial charge in [-0.3, -0.25) is 14.7 Å². The summed E-state index contributed by atoms with van der Waals surface area (Å²) in [5.41, 5.74) is 0.623. The van der Waals surface area contributed by atoms with E-state index in [1.54, 1.807) is 31.3 Å². The molecule has 0 radical (unpaired) electrons. The number of carbonyl (C=O) groups is 1. The number of nitrogens with one attached hydrogen (secondary N) is 1. The Labute approximate surface area is 180 Å². The summed E-state index contributed by atoms with van der Waals surface area (Å²) in [6, 6.07) is 5.30. The number of nitrogens with zero attached hydrogens (tertiary/aromatic N) is 7. The third kappa shape index (κ3) is 4.19. The second kappa shape index (κ2) is 8.31. The number of amides is 1. The fourth-order valence-electron chi connectivity index (χ4n) is 3.56. The number of hydrazone groups is 1. The molecule has 10 heteroatoms. The summed E-state index contributed by atoms with van der Waals surface area (Å²) in [5, 5.41) is 17.5. The predicted molar refractivity (Wildman–Crippen MR) is 117 cm³/mol. The van der Waals surface area contributed by atoms with Gasteiger partial charge in [0.2, 0.25) is 5.82 Å². The Morgan fingerprint density at radius 1 is 1.39 bits per heavy atom. The fourth-order valence-corrected chi connectivity index (χ4v) is 3.56. The quantitative estimate of drug-likeness (QED) is 0.592. The Bertz CT molecular complexity index is 1060. The minimum absolute atomic E-state index is 0.311. The van der Waals surface area contributed by atoms with Gasteiger partial charge in [-0.25, -0.2) is 4.98 Å². The van der Waals surface area contributed by atoms with Crippen LogP contribution in [0.1, 0.15) is 20.3 Å². The molecule has 1 fully saturated rings. The van der Waals surface area contributed by atoms with E-state index in [9.17, 15) is 4.79 Å². The summed E-state index contributed by atoms with van der Waals surface area (Å²) in [4.78, 5) is 26.1. The minimum Gasteiger partial charge on any atom is -0.394 e. The van der Waals surface area contributed by atoms with Gasteiger partial charge >= 0.3 is 0 Å². The zero-order valence-electron chi connectivity index (χ0n) is 17.9. The molecule has 1 unspecified atom stereocenters. The van der Waals surface area contributed by atoms with Crippen molar-refractivity contribution in [2.45, 2.75) is 25.9 Å². The number of carbonyl (C=O) groups excluding carboxylic acids is 1. The molecule has 1 amide bonds. The number of likely N-dealkylation sites (N-methyl/N-ethyl adjacent to an activating group) is 1. The number of allylic oxidation sites excluding steroid dienone is 1. The molecule has 2 bridgehead atoms. The first-order chi connectivity index (χ1) is 14.9. The van der Waals surface area contributed by atoms with E-state index in [1.165, 1.54) is 11.1 Å². The van der Waals surface area contributed by atoms with Crippen LogP contribution in [0.25, 0.3) is 11.5 Å². The first-order valence-corrected chi connectivity index (χ1v) is 10.2. The van der Waals surface area contributed by atoms with Crippen LogP contribution >= 0.6 is 0 Å². The Morgan fingerprint density at radius 3 is 3.00 bits per heavy atom. The minimum atomic E-state index is -1.20. The lowest BCUT2D eigenvalue weighted by Gasteiger charge is -2.34. The number of pyridine rings is 1. The first kappa shape index (κ1) is 20.7. The van der Waals surface area contributed by atoms with E-state index >= 15 is 0 Å². The number of fused-ring (bicyclic) bond motifs is 4. The zero-order chi connectivity index (χ0) is 22.0. The Balaban J connectivity index is 1.78. The molecule has 2 aromatic heterocycles. The lowest BCUT2D eigenvalue weighted by atomic mass is 9.95. The molecule has 2 aliphatic rings. The number of hydrogen-bond donors (Lipinski definition) is 1. The van der Waals surface area contributed by atoms with Gasteiger partial charge in [-0.2, -0.15) is 5.10 Å². The van der Waals surface area contributed by atoms with E-state index in [0.29, 0.717) is 35.9 Å². The summed E-state index contributed by atoms with van der Waals surface area (Å²) in [7, 11) is 2.04.